The van der Waals surface area contributed by atoms with Crippen molar-refractivity contribution < 1.29 is 9.47 Å². The van der Waals surface area contributed by atoms with E-state index < -0.39 is 0 Å². The number of aliphatic imine (C=N–C) groups is 1. The molecule has 148 valence electrons. The number of hydrogen-bond acceptors (Lipinski definition) is 4. The summed E-state index contributed by atoms with van der Waals surface area (Å²) < 4.78 is 11.1. The van der Waals surface area contributed by atoms with Crippen LogP contribution in [0.1, 0.15) is 39.5 Å². The lowest BCUT2D eigenvalue weighted by Crippen LogP contribution is -2.40. The van der Waals surface area contributed by atoms with Gasteiger partial charge in [-0.3, -0.25) is 4.99 Å². The number of nitrogens with one attached hydrogen (secondary N) is 2. The van der Waals surface area contributed by atoms with E-state index in [1.54, 1.807) is 0 Å². The standard InChI is InChI=1S/C18H36N4O2.HI/c1-3-19-18(20-9-6-11-24-17-8-12-23-15-17)21-13-16-7-5-10-22(4-2)14-16;/h16-17H,3-15H2,1-2H3,(H2,19,20,21);1H. The summed E-state index contributed by atoms with van der Waals surface area (Å²) in [5.41, 5.74) is 0. The second kappa shape index (κ2) is 14.0. The third-order valence-corrected chi connectivity index (χ3v) is 4.76. The molecule has 6 nitrogen and oxygen atoms in total. The maximum atomic E-state index is 5.79. The molecule has 2 unspecified atom stereocenters. The van der Waals surface area contributed by atoms with Crippen LogP contribution in [-0.4, -0.2) is 76.1 Å². The van der Waals surface area contributed by atoms with Crippen molar-refractivity contribution in [3.8, 4) is 0 Å². The summed E-state index contributed by atoms with van der Waals surface area (Å²) in [5.74, 6) is 1.63. The van der Waals surface area contributed by atoms with Gasteiger partial charge in [-0.15, -0.1) is 24.0 Å². The molecule has 25 heavy (non-hydrogen) atoms. The Morgan fingerprint density at radius 3 is 2.88 bits per heavy atom. The fourth-order valence-corrected chi connectivity index (χ4v) is 3.32. The molecule has 2 aliphatic heterocycles. The summed E-state index contributed by atoms with van der Waals surface area (Å²) in [6, 6.07) is 0. The molecular weight excluding hydrogens is 431 g/mol. The molecule has 2 heterocycles. The van der Waals surface area contributed by atoms with Gasteiger partial charge in [0.1, 0.15) is 0 Å². The molecule has 2 saturated heterocycles. The lowest BCUT2D eigenvalue weighted by atomic mass is 9.98. The van der Waals surface area contributed by atoms with Gasteiger partial charge in [0.15, 0.2) is 5.96 Å². The quantitative estimate of drug-likeness (QED) is 0.235. The van der Waals surface area contributed by atoms with Gasteiger partial charge in [-0.1, -0.05) is 6.92 Å². The van der Waals surface area contributed by atoms with Crippen molar-refractivity contribution in [2.24, 2.45) is 10.9 Å². The number of likely N-dealkylation sites (tertiary alicyclic amines) is 1. The third-order valence-electron chi connectivity index (χ3n) is 4.76. The van der Waals surface area contributed by atoms with Crippen LogP contribution in [0.4, 0.5) is 0 Å². The zero-order valence-electron chi connectivity index (χ0n) is 16.0. The summed E-state index contributed by atoms with van der Waals surface area (Å²) in [6.45, 7) is 13.1. The van der Waals surface area contributed by atoms with Gasteiger partial charge >= 0.3 is 0 Å². The first kappa shape index (κ1) is 22.9. The predicted molar refractivity (Wildman–Crippen MR) is 114 cm³/mol. The molecule has 0 aromatic heterocycles. The van der Waals surface area contributed by atoms with E-state index in [1.165, 1.54) is 25.9 Å². The van der Waals surface area contributed by atoms with E-state index in [-0.39, 0.29) is 24.0 Å². The second-order valence-electron chi connectivity index (χ2n) is 6.76. The van der Waals surface area contributed by atoms with Crippen molar-refractivity contribution in [3.05, 3.63) is 0 Å². The van der Waals surface area contributed by atoms with E-state index in [2.05, 4.69) is 29.4 Å². The van der Waals surface area contributed by atoms with Crippen LogP contribution in [0.2, 0.25) is 0 Å². The minimum absolute atomic E-state index is 0. The highest BCUT2D eigenvalue weighted by molar-refractivity contribution is 14.0. The molecule has 2 N–H and O–H groups in total. The van der Waals surface area contributed by atoms with Crippen molar-refractivity contribution in [1.82, 2.24) is 15.5 Å². The number of halogens is 1. The molecule has 0 spiro atoms. The van der Waals surface area contributed by atoms with Crippen LogP contribution in [0.5, 0.6) is 0 Å². The largest absolute Gasteiger partial charge is 0.379 e. The number of piperidine rings is 1. The molecule has 0 saturated carbocycles. The Labute approximate surface area is 170 Å². The van der Waals surface area contributed by atoms with Gasteiger partial charge in [0.05, 0.1) is 12.7 Å². The zero-order valence-corrected chi connectivity index (χ0v) is 18.3. The number of nitrogens with zero attached hydrogens (tertiary/aromatic N) is 2. The smallest absolute Gasteiger partial charge is 0.191 e. The molecule has 0 aliphatic carbocycles. The van der Waals surface area contributed by atoms with Crippen molar-refractivity contribution >= 4 is 29.9 Å². The average molecular weight is 468 g/mol. The molecule has 0 amide bonds. The van der Waals surface area contributed by atoms with Gasteiger partial charge in [0, 0.05) is 39.4 Å². The van der Waals surface area contributed by atoms with E-state index >= 15 is 0 Å². The van der Waals surface area contributed by atoms with Gasteiger partial charge < -0.3 is 25.0 Å². The Morgan fingerprint density at radius 1 is 1.28 bits per heavy atom. The monoisotopic (exact) mass is 468 g/mol. The molecule has 2 rings (SSSR count). The fraction of sp³-hybridized carbons (Fsp3) is 0.944. The first-order valence-corrected chi connectivity index (χ1v) is 9.75. The topological polar surface area (TPSA) is 58.1 Å². The molecule has 2 atom stereocenters. The van der Waals surface area contributed by atoms with Crippen LogP contribution in [0.15, 0.2) is 4.99 Å². The van der Waals surface area contributed by atoms with E-state index in [9.17, 15) is 0 Å². The molecule has 2 aliphatic rings. The number of ether oxygens (including phenoxy) is 2. The van der Waals surface area contributed by atoms with Crippen LogP contribution in [0.25, 0.3) is 0 Å². The average Bonchev–Trinajstić information content (AvgIpc) is 3.13. The highest BCUT2D eigenvalue weighted by atomic mass is 127. The Morgan fingerprint density at radius 2 is 2.16 bits per heavy atom. The minimum atomic E-state index is 0. The SMILES string of the molecule is CCNC(=NCC1CCCN(CC)C1)NCCCOC1CCOC1.I. The normalized spacial score (nSPS) is 24.8. The summed E-state index contributed by atoms with van der Waals surface area (Å²) in [7, 11) is 0. The summed E-state index contributed by atoms with van der Waals surface area (Å²) >= 11 is 0. The lowest BCUT2D eigenvalue weighted by molar-refractivity contribution is 0.0420. The van der Waals surface area contributed by atoms with E-state index in [0.29, 0.717) is 12.0 Å². The minimum Gasteiger partial charge on any atom is -0.379 e. The van der Waals surface area contributed by atoms with Crippen LogP contribution in [0.3, 0.4) is 0 Å². The van der Waals surface area contributed by atoms with Crippen molar-refractivity contribution in [1.29, 1.82) is 0 Å². The lowest BCUT2D eigenvalue weighted by Gasteiger charge is -2.31. The number of rotatable bonds is 9. The van der Waals surface area contributed by atoms with E-state index in [1.807, 2.05) is 0 Å². The van der Waals surface area contributed by atoms with Crippen LogP contribution < -0.4 is 10.6 Å². The number of guanidine groups is 1. The first-order valence-electron chi connectivity index (χ1n) is 9.75. The molecule has 0 aromatic rings. The molecule has 2 fully saturated rings. The Bertz CT molecular complexity index is 365. The second-order valence-corrected chi connectivity index (χ2v) is 6.76. The molecule has 7 heteroatoms. The Kier molecular flexibility index (Phi) is 12.8. The maximum Gasteiger partial charge on any atom is 0.191 e. The van der Waals surface area contributed by atoms with Crippen molar-refractivity contribution in [3.63, 3.8) is 0 Å². The third kappa shape index (κ3) is 9.40. The van der Waals surface area contributed by atoms with E-state index in [4.69, 9.17) is 14.5 Å². The number of hydrogen-bond donors (Lipinski definition) is 2. The van der Waals surface area contributed by atoms with Gasteiger partial charge in [-0.05, 0) is 51.6 Å². The van der Waals surface area contributed by atoms with Crippen LogP contribution in [-0.2, 0) is 9.47 Å². The highest BCUT2D eigenvalue weighted by Crippen LogP contribution is 2.16. The zero-order chi connectivity index (χ0) is 17.0. The van der Waals surface area contributed by atoms with E-state index in [0.717, 1.165) is 64.8 Å². The van der Waals surface area contributed by atoms with Gasteiger partial charge in [0.25, 0.3) is 0 Å². The van der Waals surface area contributed by atoms with Crippen molar-refractivity contribution in [2.75, 3.05) is 59.1 Å². The Balaban J connectivity index is 0.00000312. The predicted octanol–water partition coefficient (Wildman–Crippen LogP) is 2.09. The summed E-state index contributed by atoms with van der Waals surface area (Å²) in [6.07, 6.45) is 4.94. The van der Waals surface area contributed by atoms with Crippen LogP contribution >= 0.6 is 24.0 Å². The fourth-order valence-electron chi connectivity index (χ4n) is 3.32. The summed E-state index contributed by atoms with van der Waals surface area (Å²) in [4.78, 5) is 7.32. The first-order chi connectivity index (χ1) is 11.8. The summed E-state index contributed by atoms with van der Waals surface area (Å²) in [5, 5.41) is 6.77. The van der Waals surface area contributed by atoms with Gasteiger partial charge in [0.2, 0.25) is 0 Å². The molecule has 0 radical (unpaired) electrons. The Hall–Kier alpha value is -0.120. The highest BCUT2D eigenvalue weighted by Gasteiger charge is 2.18. The van der Waals surface area contributed by atoms with Gasteiger partial charge in [-0.2, -0.15) is 0 Å². The van der Waals surface area contributed by atoms with Crippen molar-refractivity contribution in [2.45, 2.75) is 45.6 Å². The maximum absolute atomic E-state index is 5.79. The molecular formula is C18H37IN4O2. The molecule has 0 bridgehead atoms. The molecule has 0 aromatic carbocycles. The van der Waals surface area contributed by atoms with Gasteiger partial charge in [-0.25, -0.2) is 0 Å². The van der Waals surface area contributed by atoms with Crippen LogP contribution in [0, 0.1) is 5.92 Å².